The minimum absolute atomic E-state index is 0.0249. The van der Waals surface area contributed by atoms with Crippen molar-refractivity contribution >= 4 is 11.7 Å². The summed E-state index contributed by atoms with van der Waals surface area (Å²) in [6.45, 7) is 1.65. The molecular formula is C10H13NO2. The van der Waals surface area contributed by atoms with E-state index in [9.17, 15) is 9.59 Å². The molecule has 3 nitrogen and oxygen atoms in total. The zero-order valence-corrected chi connectivity index (χ0v) is 7.58. The molecule has 0 radical (unpaired) electrons. The highest BCUT2D eigenvalue weighted by atomic mass is 16.2. The van der Waals surface area contributed by atoms with Gasteiger partial charge in [-0.05, 0) is 19.3 Å². The van der Waals surface area contributed by atoms with Crippen LogP contribution in [0.5, 0.6) is 0 Å². The molecule has 2 rings (SSSR count). The number of Topliss-reactive ketones (excluding diaryl/α,β-unsaturated/α-hetero) is 1. The Morgan fingerprint density at radius 2 is 2.00 bits per heavy atom. The third-order valence-electron chi connectivity index (χ3n) is 2.64. The van der Waals surface area contributed by atoms with Crippen molar-refractivity contribution in [1.82, 2.24) is 4.90 Å². The maximum Gasteiger partial charge on any atom is 0.257 e. The lowest BCUT2D eigenvalue weighted by Crippen LogP contribution is -2.30. The molecule has 70 valence electrons. The van der Waals surface area contributed by atoms with Crippen LogP contribution in [0, 0.1) is 0 Å². The van der Waals surface area contributed by atoms with Crippen LogP contribution in [0.25, 0.3) is 0 Å². The summed E-state index contributed by atoms with van der Waals surface area (Å²) in [5, 5.41) is 0. The number of nitrogens with zero attached hydrogens (tertiary/aromatic N) is 1. The standard InChI is InChI=1S/C10H13NO2/c12-9-5-3-4-8(9)10(13)11-6-1-2-7-11/h4H,1-3,5-7H2. The van der Waals surface area contributed by atoms with E-state index in [1.165, 1.54) is 0 Å². The molecule has 0 aromatic rings. The predicted molar refractivity (Wildman–Crippen MR) is 48.1 cm³/mol. The van der Waals surface area contributed by atoms with Gasteiger partial charge in [0.05, 0.1) is 5.57 Å². The van der Waals surface area contributed by atoms with E-state index in [4.69, 9.17) is 0 Å². The van der Waals surface area contributed by atoms with Gasteiger partial charge in [-0.3, -0.25) is 9.59 Å². The van der Waals surface area contributed by atoms with E-state index in [0.29, 0.717) is 12.0 Å². The van der Waals surface area contributed by atoms with E-state index in [1.807, 2.05) is 0 Å². The second-order valence-electron chi connectivity index (χ2n) is 3.58. The molecule has 2 aliphatic rings. The Morgan fingerprint density at radius 3 is 2.54 bits per heavy atom. The Labute approximate surface area is 77.4 Å². The Balaban J connectivity index is 2.07. The maximum atomic E-state index is 11.7. The number of allylic oxidation sites excluding steroid dienone is 1. The second-order valence-corrected chi connectivity index (χ2v) is 3.58. The molecule has 0 spiro atoms. The molecule has 0 aromatic carbocycles. The van der Waals surface area contributed by atoms with Crippen molar-refractivity contribution < 1.29 is 9.59 Å². The lowest BCUT2D eigenvalue weighted by Gasteiger charge is -2.14. The number of carbonyl (C=O) groups excluding carboxylic acids is 2. The number of ketones is 1. The van der Waals surface area contributed by atoms with Gasteiger partial charge in [0.15, 0.2) is 5.78 Å². The SMILES string of the molecule is O=C1CCC=C1C(=O)N1CCCC1. The summed E-state index contributed by atoms with van der Waals surface area (Å²) in [4.78, 5) is 24.7. The van der Waals surface area contributed by atoms with Gasteiger partial charge in [-0.25, -0.2) is 0 Å². The maximum absolute atomic E-state index is 11.7. The molecule has 1 fully saturated rings. The van der Waals surface area contributed by atoms with E-state index in [0.717, 1.165) is 32.4 Å². The van der Waals surface area contributed by atoms with E-state index in [-0.39, 0.29) is 11.7 Å². The summed E-state index contributed by atoms with van der Waals surface area (Å²) in [6, 6.07) is 0. The molecule has 1 aliphatic carbocycles. The van der Waals surface area contributed by atoms with Crippen LogP contribution in [0.3, 0.4) is 0 Å². The number of hydrogen-bond donors (Lipinski definition) is 0. The fourth-order valence-electron chi connectivity index (χ4n) is 1.89. The first-order chi connectivity index (χ1) is 6.29. The van der Waals surface area contributed by atoms with Crippen molar-refractivity contribution in [2.75, 3.05) is 13.1 Å². The molecule has 0 bridgehead atoms. The topological polar surface area (TPSA) is 37.4 Å². The molecule has 1 saturated heterocycles. The van der Waals surface area contributed by atoms with Crippen LogP contribution in [0.2, 0.25) is 0 Å². The molecule has 0 unspecified atom stereocenters. The third kappa shape index (κ3) is 1.50. The van der Waals surface area contributed by atoms with Crippen LogP contribution in [-0.4, -0.2) is 29.7 Å². The first-order valence-electron chi connectivity index (χ1n) is 4.81. The summed E-state index contributed by atoms with van der Waals surface area (Å²) in [6.07, 6.45) is 5.20. The van der Waals surface area contributed by atoms with Gasteiger partial charge in [-0.2, -0.15) is 0 Å². The second kappa shape index (κ2) is 3.32. The van der Waals surface area contributed by atoms with Gasteiger partial charge in [0, 0.05) is 19.5 Å². The van der Waals surface area contributed by atoms with E-state index < -0.39 is 0 Å². The molecular weight excluding hydrogens is 166 g/mol. The Kier molecular flexibility index (Phi) is 2.17. The minimum atomic E-state index is -0.0417. The normalized spacial score (nSPS) is 22.3. The molecule has 0 saturated carbocycles. The first kappa shape index (κ1) is 8.48. The fraction of sp³-hybridized carbons (Fsp3) is 0.600. The van der Waals surface area contributed by atoms with Crippen molar-refractivity contribution in [3.8, 4) is 0 Å². The third-order valence-corrected chi connectivity index (χ3v) is 2.64. The lowest BCUT2D eigenvalue weighted by atomic mass is 10.2. The van der Waals surface area contributed by atoms with Crippen LogP contribution in [0.15, 0.2) is 11.6 Å². The first-order valence-corrected chi connectivity index (χ1v) is 4.81. The van der Waals surface area contributed by atoms with Crippen molar-refractivity contribution in [1.29, 1.82) is 0 Å². The van der Waals surface area contributed by atoms with Crippen molar-refractivity contribution in [3.63, 3.8) is 0 Å². The van der Waals surface area contributed by atoms with Gasteiger partial charge in [0.1, 0.15) is 0 Å². The number of likely N-dealkylation sites (tertiary alicyclic amines) is 1. The van der Waals surface area contributed by atoms with Crippen LogP contribution >= 0.6 is 0 Å². The molecule has 1 heterocycles. The Hall–Kier alpha value is -1.12. The fourth-order valence-corrected chi connectivity index (χ4v) is 1.89. The summed E-state index contributed by atoms with van der Waals surface area (Å²) in [5.41, 5.74) is 0.432. The number of amides is 1. The highest BCUT2D eigenvalue weighted by Crippen LogP contribution is 2.18. The van der Waals surface area contributed by atoms with Gasteiger partial charge in [-0.1, -0.05) is 6.08 Å². The summed E-state index contributed by atoms with van der Waals surface area (Å²) < 4.78 is 0. The summed E-state index contributed by atoms with van der Waals surface area (Å²) in [7, 11) is 0. The van der Waals surface area contributed by atoms with E-state index >= 15 is 0 Å². The zero-order valence-electron chi connectivity index (χ0n) is 7.58. The quantitative estimate of drug-likeness (QED) is 0.561. The largest absolute Gasteiger partial charge is 0.339 e. The minimum Gasteiger partial charge on any atom is -0.339 e. The van der Waals surface area contributed by atoms with Gasteiger partial charge < -0.3 is 4.90 Å². The number of hydrogen-bond acceptors (Lipinski definition) is 2. The van der Waals surface area contributed by atoms with Crippen LogP contribution < -0.4 is 0 Å². The average molecular weight is 179 g/mol. The Bertz CT molecular complexity index is 275. The zero-order chi connectivity index (χ0) is 9.26. The van der Waals surface area contributed by atoms with Gasteiger partial charge >= 0.3 is 0 Å². The molecule has 13 heavy (non-hydrogen) atoms. The predicted octanol–water partition coefficient (Wildman–Crippen LogP) is 0.898. The molecule has 1 aliphatic heterocycles. The molecule has 3 heteroatoms. The van der Waals surface area contributed by atoms with Crippen LogP contribution in [0.4, 0.5) is 0 Å². The number of rotatable bonds is 1. The Morgan fingerprint density at radius 1 is 1.31 bits per heavy atom. The van der Waals surface area contributed by atoms with Crippen molar-refractivity contribution in [2.45, 2.75) is 25.7 Å². The van der Waals surface area contributed by atoms with Crippen molar-refractivity contribution in [3.05, 3.63) is 11.6 Å². The molecule has 0 aromatic heterocycles. The van der Waals surface area contributed by atoms with Crippen LogP contribution in [0.1, 0.15) is 25.7 Å². The summed E-state index contributed by atoms with van der Waals surface area (Å²) in [5.74, 6) is -0.0168. The van der Waals surface area contributed by atoms with Gasteiger partial charge in [0.2, 0.25) is 0 Å². The highest BCUT2D eigenvalue weighted by molar-refractivity contribution is 6.20. The smallest absolute Gasteiger partial charge is 0.257 e. The number of carbonyl (C=O) groups is 2. The van der Waals surface area contributed by atoms with E-state index in [1.54, 1.807) is 11.0 Å². The van der Waals surface area contributed by atoms with E-state index in [2.05, 4.69) is 0 Å². The highest BCUT2D eigenvalue weighted by Gasteiger charge is 2.27. The monoisotopic (exact) mass is 179 g/mol. The molecule has 0 atom stereocenters. The van der Waals surface area contributed by atoms with Crippen LogP contribution in [-0.2, 0) is 9.59 Å². The van der Waals surface area contributed by atoms with Crippen molar-refractivity contribution in [2.24, 2.45) is 0 Å². The van der Waals surface area contributed by atoms with Gasteiger partial charge in [0.25, 0.3) is 5.91 Å². The lowest BCUT2D eigenvalue weighted by molar-refractivity contribution is -0.128. The summed E-state index contributed by atoms with van der Waals surface area (Å²) >= 11 is 0. The van der Waals surface area contributed by atoms with Gasteiger partial charge in [-0.15, -0.1) is 0 Å². The average Bonchev–Trinajstić information content (AvgIpc) is 2.72. The molecule has 1 amide bonds. The molecule has 0 N–H and O–H groups in total.